The largest absolute Gasteiger partial charge is 0.394 e. The number of hydrogen-bond acceptors (Lipinski definition) is 5. The summed E-state index contributed by atoms with van der Waals surface area (Å²) in [4.78, 5) is 19.6. The van der Waals surface area contributed by atoms with Crippen LogP contribution in [0.25, 0.3) is 0 Å². The number of carbonyl (C=O) groups is 2. The van der Waals surface area contributed by atoms with Crippen LogP contribution in [0.1, 0.15) is 41.5 Å². The smallest absolute Gasteiger partial charge is 0.310 e. The molecule has 0 spiro atoms. The molecule has 0 aromatic heterocycles. The molecule has 0 aliphatic heterocycles. The fraction of sp³-hybridized carbons (Fsp3) is 0.800. The SMILES string of the molecule is CC(=O)OC(C)=O.CC(C)O.CC(C)O.[Ti]. The molecule has 6 heteroatoms. The monoisotopic (exact) mass is 270 g/mol. The number of aliphatic hydroxyl groups is 2. The molecule has 0 saturated heterocycles. The Kier molecular flexibility index (Phi) is 26.7. The van der Waals surface area contributed by atoms with Crippen LogP contribution in [-0.4, -0.2) is 34.4 Å². The van der Waals surface area contributed by atoms with Crippen molar-refractivity contribution < 1.29 is 46.3 Å². The number of rotatable bonds is 0. The van der Waals surface area contributed by atoms with Crippen molar-refractivity contribution in [3.8, 4) is 0 Å². The zero-order valence-electron chi connectivity index (χ0n) is 10.8. The predicted molar refractivity (Wildman–Crippen MR) is 57.2 cm³/mol. The van der Waals surface area contributed by atoms with Crippen LogP contribution in [0.3, 0.4) is 0 Å². The van der Waals surface area contributed by atoms with Gasteiger partial charge in [-0.3, -0.25) is 9.59 Å². The molecular formula is C10H22O5Ti. The molecule has 2 N–H and O–H groups in total. The second-order valence-electron chi connectivity index (χ2n) is 3.27. The Balaban J connectivity index is -0.0000000700. The summed E-state index contributed by atoms with van der Waals surface area (Å²) in [6.45, 7) is 9.25. The van der Waals surface area contributed by atoms with Gasteiger partial charge in [-0.1, -0.05) is 0 Å². The zero-order chi connectivity index (χ0) is 13.0. The van der Waals surface area contributed by atoms with E-state index in [1.165, 1.54) is 13.8 Å². The number of carbonyl (C=O) groups excluding carboxylic acids is 2. The Hall–Kier alpha value is -0.226. The molecule has 0 saturated carbocycles. The molecule has 0 rings (SSSR count). The third-order valence-electron chi connectivity index (χ3n) is 0.287. The second-order valence-corrected chi connectivity index (χ2v) is 3.27. The molecule has 0 bridgehead atoms. The minimum Gasteiger partial charge on any atom is -0.394 e. The minimum absolute atomic E-state index is 0. The Morgan fingerprint density at radius 1 is 0.875 bits per heavy atom. The summed E-state index contributed by atoms with van der Waals surface area (Å²) < 4.78 is 3.97. The number of hydrogen-bond donors (Lipinski definition) is 2. The van der Waals surface area contributed by atoms with E-state index < -0.39 is 11.9 Å². The van der Waals surface area contributed by atoms with Crippen LogP contribution in [0, 0.1) is 0 Å². The molecule has 0 amide bonds. The Labute approximate surface area is 112 Å². The molecule has 0 fully saturated rings. The normalized spacial score (nSPS) is 7.88. The summed E-state index contributed by atoms with van der Waals surface area (Å²) in [7, 11) is 0. The van der Waals surface area contributed by atoms with E-state index in [2.05, 4.69) is 4.74 Å². The number of ether oxygens (including phenoxy) is 1. The summed E-state index contributed by atoms with van der Waals surface area (Å²) in [6, 6.07) is 0. The van der Waals surface area contributed by atoms with Crippen LogP contribution in [-0.2, 0) is 36.0 Å². The van der Waals surface area contributed by atoms with Crippen LogP contribution in [0.15, 0.2) is 0 Å². The maximum absolute atomic E-state index is 9.81. The zero-order valence-corrected chi connectivity index (χ0v) is 12.3. The first kappa shape index (κ1) is 24.8. The van der Waals surface area contributed by atoms with Gasteiger partial charge in [-0.25, -0.2) is 0 Å². The van der Waals surface area contributed by atoms with Crippen molar-refractivity contribution >= 4 is 11.9 Å². The first-order valence-electron chi connectivity index (χ1n) is 4.64. The summed E-state index contributed by atoms with van der Waals surface area (Å²) in [5.41, 5.74) is 0. The first-order valence-corrected chi connectivity index (χ1v) is 4.64. The van der Waals surface area contributed by atoms with E-state index in [0.29, 0.717) is 0 Å². The van der Waals surface area contributed by atoms with Gasteiger partial charge < -0.3 is 14.9 Å². The number of aliphatic hydroxyl groups excluding tert-OH is 2. The molecular weight excluding hydrogens is 248 g/mol. The van der Waals surface area contributed by atoms with Crippen molar-refractivity contribution in [2.45, 2.75) is 53.8 Å². The molecule has 16 heavy (non-hydrogen) atoms. The third-order valence-corrected chi connectivity index (χ3v) is 0.287. The van der Waals surface area contributed by atoms with Gasteiger partial charge in [-0.15, -0.1) is 0 Å². The van der Waals surface area contributed by atoms with Gasteiger partial charge in [0.15, 0.2) is 0 Å². The predicted octanol–water partition coefficient (Wildman–Crippen LogP) is 0.868. The molecule has 0 aromatic rings. The molecule has 0 unspecified atom stereocenters. The van der Waals surface area contributed by atoms with Crippen LogP contribution in [0.4, 0.5) is 0 Å². The van der Waals surface area contributed by atoms with Crippen molar-refractivity contribution in [1.29, 1.82) is 0 Å². The van der Waals surface area contributed by atoms with E-state index in [1.807, 2.05) is 0 Å². The molecule has 0 heterocycles. The van der Waals surface area contributed by atoms with E-state index >= 15 is 0 Å². The van der Waals surface area contributed by atoms with Gasteiger partial charge in [0, 0.05) is 47.8 Å². The molecule has 0 aromatic carbocycles. The molecule has 0 atom stereocenters. The molecule has 0 aliphatic rings. The summed E-state index contributed by atoms with van der Waals surface area (Å²) >= 11 is 0. The van der Waals surface area contributed by atoms with Gasteiger partial charge in [0.25, 0.3) is 0 Å². The van der Waals surface area contributed by atoms with Gasteiger partial charge in [-0.05, 0) is 27.7 Å². The summed E-state index contributed by atoms with van der Waals surface area (Å²) in [5.74, 6) is -1.12. The fourth-order valence-electron chi connectivity index (χ4n) is 0.202. The van der Waals surface area contributed by atoms with Crippen molar-refractivity contribution in [3.05, 3.63) is 0 Å². The van der Waals surface area contributed by atoms with E-state index in [-0.39, 0.29) is 33.9 Å². The second kappa shape index (κ2) is 17.2. The first-order chi connectivity index (χ1) is 6.59. The third kappa shape index (κ3) is 158. The Morgan fingerprint density at radius 2 is 1.00 bits per heavy atom. The maximum Gasteiger partial charge on any atom is 0.310 e. The summed E-state index contributed by atoms with van der Waals surface area (Å²) in [6.07, 6.45) is -0.333. The molecule has 96 valence electrons. The van der Waals surface area contributed by atoms with Crippen LogP contribution in [0.2, 0.25) is 0 Å². The minimum atomic E-state index is -0.562. The maximum atomic E-state index is 9.81. The fourth-order valence-corrected chi connectivity index (χ4v) is 0.202. The van der Waals surface area contributed by atoms with E-state index in [4.69, 9.17) is 10.2 Å². The molecule has 0 radical (unpaired) electrons. The van der Waals surface area contributed by atoms with E-state index in [0.717, 1.165) is 0 Å². The number of esters is 2. The average molecular weight is 270 g/mol. The van der Waals surface area contributed by atoms with Gasteiger partial charge in [0.2, 0.25) is 0 Å². The van der Waals surface area contributed by atoms with Gasteiger partial charge in [0.05, 0.1) is 0 Å². The van der Waals surface area contributed by atoms with Crippen molar-refractivity contribution in [1.82, 2.24) is 0 Å². The Morgan fingerprint density at radius 3 is 1.00 bits per heavy atom. The van der Waals surface area contributed by atoms with Crippen LogP contribution < -0.4 is 0 Å². The van der Waals surface area contributed by atoms with Crippen molar-refractivity contribution in [3.63, 3.8) is 0 Å². The molecule has 0 aliphatic carbocycles. The topological polar surface area (TPSA) is 83.8 Å². The quantitative estimate of drug-likeness (QED) is 0.387. The standard InChI is InChI=1S/C4H6O3.2C3H8O.Ti/c1-3(5)7-4(2)6;2*1-3(2)4;/h1-2H3;2*3-4H,1-2H3;. The summed E-state index contributed by atoms with van der Waals surface area (Å²) in [5, 5.41) is 16.1. The van der Waals surface area contributed by atoms with E-state index in [9.17, 15) is 9.59 Å². The molecule has 5 nitrogen and oxygen atoms in total. The average Bonchev–Trinajstić information content (AvgIpc) is 1.78. The van der Waals surface area contributed by atoms with Crippen LogP contribution in [0.5, 0.6) is 0 Å². The van der Waals surface area contributed by atoms with Crippen molar-refractivity contribution in [2.75, 3.05) is 0 Å². The van der Waals surface area contributed by atoms with Crippen molar-refractivity contribution in [2.24, 2.45) is 0 Å². The van der Waals surface area contributed by atoms with Gasteiger partial charge in [-0.2, -0.15) is 0 Å². The Bertz CT molecular complexity index is 145. The van der Waals surface area contributed by atoms with Gasteiger partial charge >= 0.3 is 11.9 Å². The van der Waals surface area contributed by atoms with Gasteiger partial charge in [0.1, 0.15) is 0 Å². The van der Waals surface area contributed by atoms with Crippen LogP contribution >= 0.6 is 0 Å². The van der Waals surface area contributed by atoms with E-state index in [1.54, 1.807) is 27.7 Å².